The van der Waals surface area contributed by atoms with Crippen molar-refractivity contribution >= 4 is 11.3 Å². The molecule has 0 saturated carbocycles. The molecule has 2 rings (SSSR count). The summed E-state index contributed by atoms with van der Waals surface area (Å²) in [6.45, 7) is 6.88. The maximum atomic E-state index is 5.68. The summed E-state index contributed by atoms with van der Waals surface area (Å²) in [4.78, 5) is 5.97. The number of ether oxygens (including phenoxy) is 1. The van der Waals surface area contributed by atoms with Gasteiger partial charge in [-0.05, 0) is 40.0 Å². The maximum absolute atomic E-state index is 5.68. The number of rotatable bonds is 5. The van der Waals surface area contributed by atoms with Crippen LogP contribution in [-0.4, -0.2) is 18.6 Å². The van der Waals surface area contributed by atoms with Gasteiger partial charge in [-0.1, -0.05) is 12.1 Å². The number of benzene rings is 1. The van der Waals surface area contributed by atoms with E-state index in [-0.39, 0.29) is 0 Å². The van der Waals surface area contributed by atoms with Crippen LogP contribution >= 0.6 is 11.3 Å². The Morgan fingerprint density at radius 1 is 1.37 bits per heavy atom. The van der Waals surface area contributed by atoms with Gasteiger partial charge in [-0.3, -0.25) is 0 Å². The molecule has 0 fully saturated rings. The average Bonchev–Trinajstić information content (AvgIpc) is 2.81. The van der Waals surface area contributed by atoms with Crippen LogP contribution in [0.25, 0.3) is 10.6 Å². The highest BCUT2D eigenvalue weighted by Gasteiger charge is 2.16. The highest BCUT2D eigenvalue weighted by molar-refractivity contribution is 7.15. The third-order valence-electron chi connectivity index (χ3n) is 3.08. The molecule has 1 N–H and O–H groups in total. The number of aryl methyl sites for hydroxylation is 1. The van der Waals surface area contributed by atoms with Gasteiger partial charge < -0.3 is 10.1 Å². The first-order chi connectivity index (χ1) is 9.17. The lowest BCUT2D eigenvalue weighted by molar-refractivity contribution is 0.341. The molecule has 4 heteroatoms. The van der Waals surface area contributed by atoms with Gasteiger partial charge >= 0.3 is 0 Å². The standard InChI is InChI=1S/C15H20N2OS/c1-5-18-13-9-7-6-8-12(13)15-17-11(3)14(19-15)10(2)16-4/h6-10,16H,5H2,1-4H3. The van der Waals surface area contributed by atoms with E-state index in [1.807, 2.05) is 32.2 Å². The van der Waals surface area contributed by atoms with Crippen LogP contribution in [0.15, 0.2) is 24.3 Å². The smallest absolute Gasteiger partial charge is 0.129 e. The number of para-hydroxylation sites is 1. The summed E-state index contributed by atoms with van der Waals surface area (Å²) < 4.78 is 5.68. The Labute approximate surface area is 118 Å². The Morgan fingerprint density at radius 3 is 2.79 bits per heavy atom. The molecule has 1 aromatic heterocycles. The first-order valence-electron chi connectivity index (χ1n) is 6.54. The molecular weight excluding hydrogens is 256 g/mol. The van der Waals surface area contributed by atoms with Gasteiger partial charge in [0.2, 0.25) is 0 Å². The van der Waals surface area contributed by atoms with Gasteiger partial charge in [0.05, 0.1) is 17.9 Å². The molecule has 0 saturated heterocycles. The van der Waals surface area contributed by atoms with Crippen molar-refractivity contribution in [1.29, 1.82) is 0 Å². The van der Waals surface area contributed by atoms with Crippen LogP contribution in [0.4, 0.5) is 0 Å². The first-order valence-corrected chi connectivity index (χ1v) is 7.35. The number of thiazole rings is 1. The zero-order valence-electron chi connectivity index (χ0n) is 11.9. The molecule has 0 aliphatic carbocycles. The number of aromatic nitrogens is 1. The van der Waals surface area contributed by atoms with E-state index in [2.05, 4.69) is 25.2 Å². The van der Waals surface area contributed by atoms with Gasteiger partial charge in [0.1, 0.15) is 10.8 Å². The number of nitrogens with one attached hydrogen (secondary N) is 1. The lowest BCUT2D eigenvalue weighted by Crippen LogP contribution is -2.11. The van der Waals surface area contributed by atoms with Crippen molar-refractivity contribution in [3.63, 3.8) is 0 Å². The molecule has 0 bridgehead atoms. The monoisotopic (exact) mass is 276 g/mol. The second kappa shape index (κ2) is 6.17. The predicted octanol–water partition coefficient (Wildman–Crippen LogP) is 3.80. The summed E-state index contributed by atoms with van der Waals surface area (Å²) in [5, 5.41) is 4.29. The highest BCUT2D eigenvalue weighted by atomic mass is 32.1. The minimum atomic E-state index is 0.325. The Morgan fingerprint density at radius 2 is 2.11 bits per heavy atom. The Hall–Kier alpha value is -1.39. The lowest BCUT2D eigenvalue weighted by atomic mass is 10.2. The number of nitrogens with zero attached hydrogens (tertiary/aromatic N) is 1. The fourth-order valence-corrected chi connectivity index (χ4v) is 3.14. The summed E-state index contributed by atoms with van der Waals surface area (Å²) in [6, 6.07) is 8.40. The Balaban J connectivity index is 2.42. The minimum absolute atomic E-state index is 0.325. The largest absolute Gasteiger partial charge is 0.493 e. The summed E-state index contributed by atoms with van der Waals surface area (Å²) in [6.07, 6.45) is 0. The molecule has 0 radical (unpaired) electrons. The fraction of sp³-hybridized carbons (Fsp3) is 0.400. The van der Waals surface area contributed by atoms with Crippen molar-refractivity contribution in [2.45, 2.75) is 26.8 Å². The SMILES string of the molecule is CCOc1ccccc1-c1nc(C)c(C(C)NC)s1. The molecule has 102 valence electrons. The van der Waals surface area contributed by atoms with Gasteiger partial charge in [0, 0.05) is 10.9 Å². The van der Waals surface area contributed by atoms with E-state index in [1.165, 1.54) is 4.88 Å². The van der Waals surface area contributed by atoms with Crippen molar-refractivity contribution in [3.05, 3.63) is 34.8 Å². The van der Waals surface area contributed by atoms with E-state index >= 15 is 0 Å². The molecule has 0 spiro atoms. The zero-order valence-corrected chi connectivity index (χ0v) is 12.7. The molecule has 1 aromatic carbocycles. The third-order valence-corrected chi connectivity index (χ3v) is 4.45. The van der Waals surface area contributed by atoms with Crippen molar-refractivity contribution < 1.29 is 4.74 Å². The average molecular weight is 276 g/mol. The molecule has 1 heterocycles. The van der Waals surface area contributed by atoms with Crippen molar-refractivity contribution in [2.75, 3.05) is 13.7 Å². The molecule has 0 aliphatic rings. The van der Waals surface area contributed by atoms with E-state index in [1.54, 1.807) is 11.3 Å². The molecule has 19 heavy (non-hydrogen) atoms. The van der Waals surface area contributed by atoms with Crippen LogP contribution in [0.5, 0.6) is 5.75 Å². The molecule has 2 aromatic rings. The van der Waals surface area contributed by atoms with Gasteiger partial charge in [0.25, 0.3) is 0 Å². The second-order valence-electron chi connectivity index (χ2n) is 4.41. The normalized spacial score (nSPS) is 12.4. The second-order valence-corrected chi connectivity index (χ2v) is 5.44. The van der Waals surface area contributed by atoms with Crippen molar-refractivity contribution in [2.24, 2.45) is 0 Å². The van der Waals surface area contributed by atoms with E-state index in [0.717, 1.165) is 22.0 Å². The summed E-state index contributed by atoms with van der Waals surface area (Å²) in [7, 11) is 1.97. The molecule has 1 unspecified atom stereocenters. The van der Waals surface area contributed by atoms with Crippen molar-refractivity contribution in [3.8, 4) is 16.3 Å². The first kappa shape index (κ1) is 14.0. The fourth-order valence-electron chi connectivity index (χ4n) is 1.98. The third kappa shape index (κ3) is 2.96. The molecule has 3 nitrogen and oxygen atoms in total. The Bertz CT molecular complexity index is 551. The van der Waals surface area contributed by atoms with Gasteiger partial charge in [-0.15, -0.1) is 11.3 Å². The van der Waals surface area contributed by atoms with E-state index in [4.69, 9.17) is 9.72 Å². The molecular formula is C15H20N2OS. The quantitative estimate of drug-likeness (QED) is 0.902. The van der Waals surface area contributed by atoms with E-state index in [0.29, 0.717) is 12.6 Å². The van der Waals surface area contributed by atoms with E-state index in [9.17, 15) is 0 Å². The van der Waals surface area contributed by atoms with Gasteiger partial charge in [-0.25, -0.2) is 4.98 Å². The molecule has 0 amide bonds. The number of hydrogen-bond donors (Lipinski definition) is 1. The topological polar surface area (TPSA) is 34.1 Å². The summed E-state index contributed by atoms with van der Waals surface area (Å²) in [5.41, 5.74) is 2.17. The van der Waals surface area contributed by atoms with Gasteiger partial charge in [-0.2, -0.15) is 0 Å². The van der Waals surface area contributed by atoms with Crippen LogP contribution < -0.4 is 10.1 Å². The predicted molar refractivity (Wildman–Crippen MR) is 80.9 cm³/mol. The zero-order chi connectivity index (χ0) is 13.8. The van der Waals surface area contributed by atoms with Crippen LogP contribution in [-0.2, 0) is 0 Å². The van der Waals surface area contributed by atoms with Crippen molar-refractivity contribution in [1.82, 2.24) is 10.3 Å². The molecule has 0 aliphatic heterocycles. The van der Waals surface area contributed by atoms with Crippen LogP contribution in [0.3, 0.4) is 0 Å². The Kier molecular flexibility index (Phi) is 4.56. The minimum Gasteiger partial charge on any atom is -0.493 e. The highest BCUT2D eigenvalue weighted by Crippen LogP contribution is 2.36. The maximum Gasteiger partial charge on any atom is 0.129 e. The molecule has 1 atom stereocenters. The lowest BCUT2D eigenvalue weighted by Gasteiger charge is -2.08. The van der Waals surface area contributed by atoms with Crippen LogP contribution in [0.1, 0.15) is 30.5 Å². The number of hydrogen-bond acceptors (Lipinski definition) is 4. The summed E-state index contributed by atoms with van der Waals surface area (Å²) in [5.74, 6) is 0.905. The summed E-state index contributed by atoms with van der Waals surface area (Å²) >= 11 is 1.73. The van der Waals surface area contributed by atoms with Gasteiger partial charge in [0.15, 0.2) is 0 Å². The van der Waals surface area contributed by atoms with E-state index < -0.39 is 0 Å². The van der Waals surface area contributed by atoms with Crippen LogP contribution in [0.2, 0.25) is 0 Å². The van der Waals surface area contributed by atoms with Crippen LogP contribution in [0, 0.1) is 6.92 Å².